The maximum atomic E-state index is 11.8. The highest BCUT2D eigenvalue weighted by molar-refractivity contribution is 7.15. The van der Waals surface area contributed by atoms with Crippen molar-refractivity contribution in [2.75, 3.05) is 0 Å². The number of carbonyl (C=O) groups excluding carboxylic acids is 1. The fraction of sp³-hybridized carbons (Fsp3) is 0.118. The number of nitrogens with zero attached hydrogens (tertiary/aromatic N) is 2. The fourth-order valence-electron chi connectivity index (χ4n) is 2.09. The molecular weight excluding hydrogens is 312 g/mol. The minimum Gasteiger partial charge on any atom is -0.456 e. The Labute approximate surface area is 136 Å². The summed E-state index contributed by atoms with van der Waals surface area (Å²) in [5.74, 6) is -0.473. The molecule has 6 heteroatoms. The van der Waals surface area contributed by atoms with Gasteiger partial charge in [-0.1, -0.05) is 29.8 Å². The van der Waals surface area contributed by atoms with Gasteiger partial charge in [-0.2, -0.15) is 0 Å². The Morgan fingerprint density at radius 1 is 1.39 bits per heavy atom. The first kappa shape index (κ1) is 15.2. The molecule has 0 radical (unpaired) electrons. The molecule has 0 atom stereocenters. The first-order chi connectivity index (χ1) is 11.1. The summed E-state index contributed by atoms with van der Waals surface area (Å²) in [4.78, 5) is 28.4. The molecule has 5 nitrogen and oxygen atoms in total. The summed E-state index contributed by atoms with van der Waals surface area (Å²) in [6.45, 7) is 1.96. The highest BCUT2D eigenvalue weighted by Crippen LogP contribution is 2.08. The molecular formula is C17H14N2O3S. The van der Waals surface area contributed by atoms with Gasteiger partial charge < -0.3 is 4.74 Å². The summed E-state index contributed by atoms with van der Waals surface area (Å²) in [6, 6.07) is 9.16. The average Bonchev–Trinajstić information content (AvgIpc) is 3.00. The lowest BCUT2D eigenvalue weighted by atomic mass is 10.1. The summed E-state index contributed by atoms with van der Waals surface area (Å²) < 4.78 is 6.58. The molecule has 116 valence electrons. The van der Waals surface area contributed by atoms with Gasteiger partial charge in [0.25, 0.3) is 5.56 Å². The molecule has 2 heterocycles. The zero-order valence-corrected chi connectivity index (χ0v) is 13.2. The summed E-state index contributed by atoms with van der Waals surface area (Å²) in [6.07, 6.45) is 4.72. The van der Waals surface area contributed by atoms with E-state index in [-0.39, 0.29) is 12.2 Å². The molecule has 0 saturated carbocycles. The van der Waals surface area contributed by atoms with E-state index in [0.29, 0.717) is 10.7 Å². The smallest absolute Gasteiger partial charge is 0.331 e. The van der Waals surface area contributed by atoms with Crippen LogP contribution in [0, 0.1) is 6.92 Å². The molecule has 3 rings (SSSR count). The summed E-state index contributed by atoms with van der Waals surface area (Å²) in [5, 5.41) is 1.78. The largest absolute Gasteiger partial charge is 0.456 e. The molecule has 0 amide bonds. The van der Waals surface area contributed by atoms with Crippen LogP contribution in [0.15, 0.2) is 52.8 Å². The molecule has 0 bridgehead atoms. The number of thiazole rings is 1. The Morgan fingerprint density at radius 2 is 2.26 bits per heavy atom. The van der Waals surface area contributed by atoms with Crippen LogP contribution in [0.1, 0.15) is 16.8 Å². The van der Waals surface area contributed by atoms with Crippen molar-refractivity contribution in [1.29, 1.82) is 0 Å². The van der Waals surface area contributed by atoms with Crippen molar-refractivity contribution in [3.05, 3.63) is 75.2 Å². The molecule has 0 N–H and O–H groups in total. The van der Waals surface area contributed by atoms with Crippen molar-refractivity contribution in [3.63, 3.8) is 0 Å². The third-order valence-corrected chi connectivity index (χ3v) is 3.93. The van der Waals surface area contributed by atoms with E-state index >= 15 is 0 Å². The summed E-state index contributed by atoms with van der Waals surface area (Å²) >= 11 is 1.36. The van der Waals surface area contributed by atoms with Crippen molar-refractivity contribution in [3.8, 4) is 0 Å². The zero-order chi connectivity index (χ0) is 16.2. The highest BCUT2D eigenvalue weighted by Gasteiger charge is 2.05. The monoisotopic (exact) mass is 326 g/mol. The van der Waals surface area contributed by atoms with Gasteiger partial charge >= 0.3 is 5.97 Å². The van der Waals surface area contributed by atoms with Gasteiger partial charge in [-0.15, -0.1) is 11.3 Å². The van der Waals surface area contributed by atoms with E-state index in [1.54, 1.807) is 17.7 Å². The molecule has 0 aliphatic rings. The number of hydrogen-bond donors (Lipinski definition) is 0. The lowest BCUT2D eigenvalue weighted by Gasteiger charge is -2.02. The Hall–Kier alpha value is -2.73. The standard InChI is InChI=1S/C17H14N2O3S/c1-12-3-2-4-13(9-12)5-6-16(21)22-11-14-10-15(20)19-7-8-23-17(19)18-14/h2-10H,11H2,1H3/b6-5+. The van der Waals surface area contributed by atoms with E-state index in [1.165, 1.54) is 27.9 Å². The lowest BCUT2D eigenvalue weighted by Crippen LogP contribution is -2.14. The third-order valence-electron chi connectivity index (χ3n) is 3.17. The molecule has 0 saturated heterocycles. The number of aromatic nitrogens is 2. The second kappa shape index (κ2) is 6.58. The second-order valence-electron chi connectivity index (χ2n) is 5.00. The Bertz CT molecular complexity index is 940. The van der Waals surface area contributed by atoms with E-state index in [0.717, 1.165) is 11.1 Å². The molecule has 1 aromatic carbocycles. The van der Waals surface area contributed by atoms with Gasteiger partial charge in [-0.05, 0) is 18.6 Å². The van der Waals surface area contributed by atoms with Gasteiger partial charge in [0.05, 0.1) is 5.69 Å². The van der Waals surface area contributed by atoms with Crippen molar-refractivity contribution < 1.29 is 9.53 Å². The summed E-state index contributed by atoms with van der Waals surface area (Å²) in [7, 11) is 0. The third kappa shape index (κ3) is 3.73. The Kier molecular flexibility index (Phi) is 4.34. The van der Waals surface area contributed by atoms with Gasteiger partial charge in [0, 0.05) is 23.7 Å². The van der Waals surface area contributed by atoms with Crippen molar-refractivity contribution in [2.24, 2.45) is 0 Å². The van der Waals surface area contributed by atoms with Crippen molar-refractivity contribution >= 4 is 28.3 Å². The van der Waals surface area contributed by atoms with Crippen molar-refractivity contribution in [1.82, 2.24) is 9.38 Å². The van der Waals surface area contributed by atoms with Crippen LogP contribution in [0.5, 0.6) is 0 Å². The van der Waals surface area contributed by atoms with E-state index in [4.69, 9.17) is 4.74 Å². The highest BCUT2D eigenvalue weighted by atomic mass is 32.1. The minimum absolute atomic E-state index is 0.0272. The number of esters is 1. The maximum Gasteiger partial charge on any atom is 0.331 e. The van der Waals surface area contributed by atoms with Crippen LogP contribution in [-0.4, -0.2) is 15.4 Å². The van der Waals surface area contributed by atoms with Crippen LogP contribution < -0.4 is 5.56 Å². The molecule has 3 aromatic rings. The molecule has 0 unspecified atom stereocenters. The normalized spacial score (nSPS) is 11.2. The SMILES string of the molecule is Cc1cccc(/C=C/C(=O)OCc2cc(=O)n3ccsc3n2)c1. The van der Waals surface area contributed by atoms with Gasteiger partial charge in [-0.25, -0.2) is 9.78 Å². The molecule has 2 aromatic heterocycles. The van der Waals surface area contributed by atoms with Crippen LogP contribution in [0.2, 0.25) is 0 Å². The molecule has 0 spiro atoms. The Balaban J connectivity index is 1.65. The van der Waals surface area contributed by atoms with Gasteiger partial charge in [0.15, 0.2) is 4.96 Å². The van der Waals surface area contributed by atoms with Gasteiger partial charge in [0.1, 0.15) is 6.61 Å². The van der Waals surface area contributed by atoms with Gasteiger partial charge in [-0.3, -0.25) is 9.20 Å². The van der Waals surface area contributed by atoms with E-state index in [1.807, 2.05) is 31.2 Å². The van der Waals surface area contributed by atoms with E-state index in [2.05, 4.69) is 4.98 Å². The fourth-order valence-corrected chi connectivity index (χ4v) is 2.83. The second-order valence-corrected chi connectivity index (χ2v) is 5.87. The minimum atomic E-state index is -0.473. The molecule has 0 aliphatic heterocycles. The number of aryl methyl sites for hydroxylation is 1. The molecule has 0 fully saturated rings. The number of fused-ring (bicyclic) bond motifs is 1. The van der Waals surface area contributed by atoms with Crippen LogP contribution >= 0.6 is 11.3 Å². The number of carbonyl (C=O) groups is 1. The molecule has 23 heavy (non-hydrogen) atoms. The average molecular weight is 326 g/mol. The van der Waals surface area contributed by atoms with Gasteiger partial charge in [0.2, 0.25) is 0 Å². The van der Waals surface area contributed by atoms with E-state index < -0.39 is 5.97 Å². The number of hydrogen-bond acceptors (Lipinski definition) is 5. The predicted octanol–water partition coefficient (Wildman–Crippen LogP) is 2.82. The molecule has 0 aliphatic carbocycles. The van der Waals surface area contributed by atoms with Crippen LogP contribution in [0.4, 0.5) is 0 Å². The lowest BCUT2D eigenvalue weighted by molar-refractivity contribution is -0.139. The maximum absolute atomic E-state index is 11.8. The number of ether oxygens (including phenoxy) is 1. The van der Waals surface area contributed by atoms with Crippen molar-refractivity contribution in [2.45, 2.75) is 13.5 Å². The number of rotatable bonds is 4. The Morgan fingerprint density at radius 3 is 3.09 bits per heavy atom. The first-order valence-electron chi connectivity index (χ1n) is 6.99. The van der Waals surface area contributed by atoms with Crippen LogP contribution in [0.3, 0.4) is 0 Å². The van der Waals surface area contributed by atoms with Crippen LogP contribution in [-0.2, 0) is 16.1 Å². The zero-order valence-electron chi connectivity index (χ0n) is 12.4. The topological polar surface area (TPSA) is 60.7 Å². The quantitative estimate of drug-likeness (QED) is 0.546. The first-order valence-corrected chi connectivity index (χ1v) is 7.87. The van der Waals surface area contributed by atoms with Crippen LogP contribution in [0.25, 0.3) is 11.0 Å². The summed E-state index contributed by atoms with van der Waals surface area (Å²) in [5.41, 5.74) is 2.31. The number of benzene rings is 1. The predicted molar refractivity (Wildman–Crippen MR) is 89.3 cm³/mol. The van der Waals surface area contributed by atoms with E-state index in [9.17, 15) is 9.59 Å².